The summed E-state index contributed by atoms with van der Waals surface area (Å²) in [6.45, 7) is 9.43. The molecule has 0 saturated carbocycles. The first-order valence-corrected chi connectivity index (χ1v) is 21.7. The highest BCUT2D eigenvalue weighted by atomic mass is 14.9. The zero-order valence-electron chi connectivity index (χ0n) is 35.4. The summed E-state index contributed by atoms with van der Waals surface area (Å²) in [4.78, 5) is 10.7. The number of hydrogen-bond donors (Lipinski definition) is 0. The molecule has 0 radical (unpaired) electrons. The normalized spacial score (nSPS) is 14.1. The highest BCUT2D eigenvalue weighted by Gasteiger charge is 2.38. The maximum absolute atomic E-state index is 5.37. The smallest absolute Gasteiger partial charge is 0.160 e. The van der Waals surface area contributed by atoms with E-state index in [1.54, 1.807) is 0 Å². The van der Waals surface area contributed by atoms with Crippen molar-refractivity contribution in [2.24, 2.45) is 0 Å². The van der Waals surface area contributed by atoms with Crippen molar-refractivity contribution in [1.82, 2.24) is 9.97 Å². The summed E-state index contributed by atoms with van der Waals surface area (Å²) in [6, 6.07) is 71.0. The quantitative estimate of drug-likeness (QED) is 0.173. The first-order valence-electron chi connectivity index (χ1n) is 21.7. The first kappa shape index (κ1) is 36.4. The Labute approximate surface area is 363 Å². The summed E-state index contributed by atoms with van der Waals surface area (Å²) < 4.78 is 0. The van der Waals surface area contributed by atoms with Gasteiger partial charge < -0.3 is 0 Å². The van der Waals surface area contributed by atoms with Gasteiger partial charge in [0.25, 0.3) is 0 Å². The number of benzene rings is 9. The van der Waals surface area contributed by atoms with E-state index < -0.39 is 0 Å². The van der Waals surface area contributed by atoms with Crippen molar-refractivity contribution >= 4 is 21.5 Å². The number of rotatable bonds is 5. The van der Waals surface area contributed by atoms with Gasteiger partial charge in [-0.1, -0.05) is 204 Å². The van der Waals surface area contributed by atoms with Gasteiger partial charge in [0.2, 0.25) is 0 Å². The number of nitrogens with zero attached hydrogens (tertiary/aromatic N) is 2. The predicted octanol–water partition coefficient (Wildman–Crippen LogP) is 15.7. The van der Waals surface area contributed by atoms with Crippen LogP contribution in [0.5, 0.6) is 0 Å². The van der Waals surface area contributed by atoms with Crippen molar-refractivity contribution < 1.29 is 0 Å². The lowest BCUT2D eigenvalue weighted by atomic mass is 9.79. The molecule has 0 spiro atoms. The van der Waals surface area contributed by atoms with Gasteiger partial charge in [-0.05, 0) is 107 Å². The summed E-state index contributed by atoms with van der Waals surface area (Å²) in [7, 11) is 0. The van der Waals surface area contributed by atoms with Gasteiger partial charge in [-0.15, -0.1) is 0 Å². The number of hydrogen-bond acceptors (Lipinski definition) is 2. The molecule has 9 aromatic carbocycles. The summed E-state index contributed by atoms with van der Waals surface area (Å²) in [6.07, 6.45) is 0. The highest BCUT2D eigenvalue weighted by Crippen LogP contribution is 2.54. The molecule has 62 heavy (non-hydrogen) atoms. The molecule has 12 rings (SSSR count). The first-order chi connectivity index (χ1) is 30.3. The Kier molecular flexibility index (Phi) is 7.96. The third-order valence-electron chi connectivity index (χ3n) is 13.9. The van der Waals surface area contributed by atoms with Crippen LogP contribution in [0.1, 0.15) is 49.9 Å². The van der Waals surface area contributed by atoms with Crippen molar-refractivity contribution in [3.05, 3.63) is 216 Å². The van der Waals surface area contributed by atoms with Crippen molar-refractivity contribution in [2.45, 2.75) is 38.5 Å². The van der Waals surface area contributed by atoms with Crippen LogP contribution in [0.3, 0.4) is 0 Å². The zero-order chi connectivity index (χ0) is 41.7. The molecule has 1 aromatic heterocycles. The minimum absolute atomic E-state index is 0.0784. The SMILES string of the molecule is CC1(C)c2cc3ccccc3cc2-c2c(-c3cc(-c4ccc(-c5ccc(-c6cccc7c6C(C)(C)c6ccccc6-7)cc5)c5ccccc45)nc(-c4ccccc4)n3)cccc21. The lowest BCUT2D eigenvalue weighted by molar-refractivity contribution is 0.661. The Bertz CT molecular complexity index is 3450. The average Bonchev–Trinajstić information content (AvgIpc) is 3.69. The second-order valence-electron chi connectivity index (χ2n) is 18.1. The molecule has 294 valence electrons. The fourth-order valence-corrected chi connectivity index (χ4v) is 10.8. The maximum atomic E-state index is 5.37. The Hall–Kier alpha value is -7.42. The molecule has 0 unspecified atom stereocenters. The van der Waals surface area contributed by atoms with E-state index in [1.165, 1.54) is 82.9 Å². The Morgan fingerprint density at radius 2 is 0.871 bits per heavy atom. The van der Waals surface area contributed by atoms with Gasteiger partial charge in [0, 0.05) is 27.5 Å². The molecule has 2 aliphatic rings. The van der Waals surface area contributed by atoms with E-state index in [0.29, 0.717) is 5.82 Å². The monoisotopic (exact) mass is 792 g/mol. The van der Waals surface area contributed by atoms with Crippen LogP contribution in [0.25, 0.3) is 100.0 Å². The van der Waals surface area contributed by atoms with Crippen LogP contribution in [0.15, 0.2) is 194 Å². The van der Waals surface area contributed by atoms with Gasteiger partial charge in [-0.25, -0.2) is 9.97 Å². The fraction of sp³-hybridized carbons (Fsp3) is 0.100. The summed E-state index contributed by atoms with van der Waals surface area (Å²) in [5.41, 5.74) is 20.4. The zero-order valence-corrected chi connectivity index (χ0v) is 35.4. The van der Waals surface area contributed by atoms with Crippen molar-refractivity contribution in [1.29, 1.82) is 0 Å². The van der Waals surface area contributed by atoms with Crippen LogP contribution in [0.4, 0.5) is 0 Å². The average molecular weight is 793 g/mol. The van der Waals surface area contributed by atoms with Crippen LogP contribution in [-0.2, 0) is 10.8 Å². The molecule has 2 aliphatic carbocycles. The van der Waals surface area contributed by atoms with Gasteiger partial charge in [-0.2, -0.15) is 0 Å². The van der Waals surface area contributed by atoms with Crippen molar-refractivity contribution in [3.8, 4) is 78.4 Å². The topological polar surface area (TPSA) is 25.8 Å². The van der Waals surface area contributed by atoms with Gasteiger partial charge >= 0.3 is 0 Å². The van der Waals surface area contributed by atoms with E-state index in [0.717, 1.165) is 33.5 Å². The molecular weight excluding hydrogens is 749 g/mol. The highest BCUT2D eigenvalue weighted by molar-refractivity contribution is 6.05. The van der Waals surface area contributed by atoms with E-state index >= 15 is 0 Å². The van der Waals surface area contributed by atoms with Crippen LogP contribution < -0.4 is 0 Å². The third-order valence-corrected chi connectivity index (χ3v) is 13.9. The number of aromatic nitrogens is 2. The van der Waals surface area contributed by atoms with E-state index in [4.69, 9.17) is 9.97 Å². The molecule has 2 heteroatoms. The standard InChI is InChI=1S/C60H44N2/c1-59(2)52-27-15-25-49(56(52)50-34-40-18-8-9-19-41(40)35-53(50)59)55-36-54(61-58(62-55)39-16-6-5-7-17-39)47-33-32-42(44-20-10-11-21-45(44)47)37-28-30-38(31-29-37)43-23-14-24-48-46-22-12-13-26-51(46)60(3,4)57(43)48/h5-36H,1-4H3. The Balaban J connectivity index is 0.990. The van der Waals surface area contributed by atoms with Gasteiger partial charge in [0.15, 0.2) is 5.82 Å². The molecule has 0 bridgehead atoms. The second kappa shape index (κ2) is 13.5. The van der Waals surface area contributed by atoms with Crippen LogP contribution in [-0.4, -0.2) is 9.97 Å². The van der Waals surface area contributed by atoms with Gasteiger partial charge in [-0.3, -0.25) is 0 Å². The molecule has 0 aliphatic heterocycles. The van der Waals surface area contributed by atoms with Gasteiger partial charge in [0.1, 0.15) is 0 Å². The fourth-order valence-electron chi connectivity index (χ4n) is 10.8. The molecule has 0 atom stereocenters. The van der Waals surface area contributed by atoms with Crippen molar-refractivity contribution in [3.63, 3.8) is 0 Å². The van der Waals surface area contributed by atoms with E-state index in [2.05, 4.69) is 216 Å². The van der Waals surface area contributed by atoms with Gasteiger partial charge in [0.05, 0.1) is 11.4 Å². The maximum Gasteiger partial charge on any atom is 0.160 e. The predicted molar refractivity (Wildman–Crippen MR) is 259 cm³/mol. The minimum atomic E-state index is -0.156. The van der Waals surface area contributed by atoms with Crippen LogP contribution in [0, 0.1) is 0 Å². The molecule has 0 saturated heterocycles. The summed E-state index contributed by atoms with van der Waals surface area (Å²) >= 11 is 0. The number of fused-ring (bicyclic) bond motifs is 8. The summed E-state index contributed by atoms with van der Waals surface area (Å²) in [5.74, 6) is 0.717. The van der Waals surface area contributed by atoms with Crippen LogP contribution >= 0.6 is 0 Å². The molecule has 0 fully saturated rings. The molecule has 10 aromatic rings. The van der Waals surface area contributed by atoms with Crippen molar-refractivity contribution in [2.75, 3.05) is 0 Å². The third kappa shape index (κ3) is 5.43. The summed E-state index contributed by atoms with van der Waals surface area (Å²) in [5, 5.41) is 4.87. The molecule has 1 heterocycles. The lowest BCUT2D eigenvalue weighted by Gasteiger charge is -2.24. The minimum Gasteiger partial charge on any atom is -0.228 e. The lowest BCUT2D eigenvalue weighted by Crippen LogP contribution is -2.16. The second-order valence-corrected chi connectivity index (χ2v) is 18.1. The Morgan fingerprint density at radius 1 is 0.323 bits per heavy atom. The molecule has 0 N–H and O–H groups in total. The largest absolute Gasteiger partial charge is 0.228 e. The molecule has 2 nitrogen and oxygen atoms in total. The van der Waals surface area contributed by atoms with E-state index in [9.17, 15) is 0 Å². The molecular formula is C60H44N2. The van der Waals surface area contributed by atoms with E-state index in [-0.39, 0.29) is 10.8 Å². The Morgan fingerprint density at radius 3 is 1.65 bits per heavy atom. The van der Waals surface area contributed by atoms with E-state index in [1.807, 2.05) is 6.07 Å². The van der Waals surface area contributed by atoms with Crippen LogP contribution in [0.2, 0.25) is 0 Å². The molecule has 0 amide bonds.